The van der Waals surface area contributed by atoms with Crippen molar-refractivity contribution in [3.63, 3.8) is 0 Å². The van der Waals surface area contributed by atoms with Crippen molar-refractivity contribution in [3.05, 3.63) is 11.8 Å². The molecule has 1 fully saturated rings. The zero-order valence-corrected chi connectivity index (χ0v) is 8.72. The first-order valence-electron chi connectivity index (χ1n) is 4.71. The number of fused-ring (bicyclic) bond motifs is 1. The standard InChI is InChI=1S/C9H13N3O.ClH/c10-4-7-3-8-12(11-7)5-9(1-2-9)6-13-8;/h3H,1-2,4-6,10H2;1H. The minimum Gasteiger partial charge on any atom is -0.477 e. The Morgan fingerprint density at radius 3 is 3.00 bits per heavy atom. The number of nitrogens with zero attached hydrogens (tertiary/aromatic N) is 2. The summed E-state index contributed by atoms with van der Waals surface area (Å²) in [5.74, 6) is 0.887. The van der Waals surface area contributed by atoms with Crippen molar-refractivity contribution >= 4 is 12.4 Å². The van der Waals surface area contributed by atoms with Gasteiger partial charge in [0.1, 0.15) is 0 Å². The Hall–Kier alpha value is -0.740. The van der Waals surface area contributed by atoms with Crippen LogP contribution in [0, 0.1) is 5.41 Å². The zero-order valence-electron chi connectivity index (χ0n) is 7.90. The molecule has 1 aromatic rings. The van der Waals surface area contributed by atoms with Crippen LogP contribution in [0.15, 0.2) is 6.07 Å². The van der Waals surface area contributed by atoms with Gasteiger partial charge < -0.3 is 10.5 Å². The van der Waals surface area contributed by atoms with Gasteiger partial charge in [0.15, 0.2) is 0 Å². The lowest BCUT2D eigenvalue weighted by Gasteiger charge is -2.22. The highest BCUT2D eigenvalue weighted by Gasteiger charge is 2.47. The van der Waals surface area contributed by atoms with Gasteiger partial charge in [-0.25, -0.2) is 4.68 Å². The van der Waals surface area contributed by atoms with E-state index in [1.165, 1.54) is 12.8 Å². The summed E-state index contributed by atoms with van der Waals surface area (Å²) in [6.45, 7) is 2.38. The lowest BCUT2D eigenvalue weighted by atomic mass is 10.1. The second-order valence-electron chi connectivity index (χ2n) is 4.12. The number of hydrogen-bond acceptors (Lipinski definition) is 3. The third-order valence-corrected chi connectivity index (χ3v) is 2.97. The molecule has 2 N–H and O–H groups in total. The van der Waals surface area contributed by atoms with E-state index in [2.05, 4.69) is 5.10 Å². The first kappa shape index (κ1) is 9.80. The molecule has 1 aromatic heterocycles. The summed E-state index contributed by atoms with van der Waals surface area (Å²) in [7, 11) is 0. The molecule has 0 radical (unpaired) electrons. The minimum absolute atomic E-state index is 0. The van der Waals surface area contributed by atoms with Crippen molar-refractivity contribution in [3.8, 4) is 5.88 Å². The summed E-state index contributed by atoms with van der Waals surface area (Å²) in [4.78, 5) is 0. The zero-order chi connectivity index (χ0) is 8.89. The topological polar surface area (TPSA) is 53.1 Å². The fourth-order valence-electron chi connectivity index (χ4n) is 1.85. The maximum atomic E-state index is 5.63. The first-order valence-corrected chi connectivity index (χ1v) is 4.71. The van der Waals surface area contributed by atoms with Gasteiger partial charge in [0.05, 0.1) is 18.8 Å². The van der Waals surface area contributed by atoms with Crippen LogP contribution in [-0.2, 0) is 13.1 Å². The third-order valence-electron chi connectivity index (χ3n) is 2.97. The smallest absolute Gasteiger partial charge is 0.212 e. The molecule has 2 heterocycles. The molecule has 14 heavy (non-hydrogen) atoms. The van der Waals surface area contributed by atoms with Gasteiger partial charge in [0.2, 0.25) is 5.88 Å². The molecule has 0 atom stereocenters. The summed E-state index contributed by atoms with van der Waals surface area (Å²) in [5, 5.41) is 4.37. The largest absolute Gasteiger partial charge is 0.477 e. The molecule has 1 saturated carbocycles. The molecular formula is C9H14ClN3O. The Bertz CT molecular complexity index is 346. The molecule has 78 valence electrons. The van der Waals surface area contributed by atoms with Gasteiger partial charge in [0.25, 0.3) is 0 Å². The number of rotatable bonds is 1. The first-order chi connectivity index (χ1) is 6.31. The molecule has 0 amide bonds. The van der Waals surface area contributed by atoms with Crippen LogP contribution in [0.1, 0.15) is 18.5 Å². The predicted octanol–water partition coefficient (Wildman–Crippen LogP) is 0.936. The fraction of sp³-hybridized carbons (Fsp3) is 0.667. The number of hydrogen-bond donors (Lipinski definition) is 1. The van der Waals surface area contributed by atoms with Crippen molar-refractivity contribution < 1.29 is 4.74 Å². The molecule has 1 spiro atoms. The number of nitrogens with two attached hydrogens (primary N) is 1. The van der Waals surface area contributed by atoms with Crippen molar-refractivity contribution in [2.24, 2.45) is 11.1 Å². The van der Waals surface area contributed by atoms with Crippen LogP contribution < -0.4 is 10.5 Å². The SMILES string of the molecule is Cl.NCc1cc2n(n1)CC1(CC1)CO2. The average molecular weight is 216 g/mol. The van der Waals surface area contributed by atoms with E-state index in [9.17, 15) is 0 Å². The highest BCUT2D eigenvalue weighted by Crippen LogP contribution is 2.49. The van der Waals surface area contributed by atoms with E-state index < -0.39 is 0 Å². The molecular weight excluding hydrogens is 202 g/mol. The summed E-state index contributed by atoms with van der Waals surface area (Å²) >= 11 is 0. The Balaban J connectivity index is 0.000000750. The van der Waals surface area contributed by atoms with Crippen LogP contribution in [0.4, 0.5) is 0 Å². The van der Waals surface area contributed by atoms with Gasteiger partial charge >= 0.3 is 0 Å². The molecule has 1 aliphatic heterocycles. The average Bonchev–Trinajstić information content (AvgIpc) is 2.77. The van der Waals surface area contributed by atoms with Gasteiger partial charge in [-0.15, -0.1) is 12.4 Å². The van der Waals surface area contributed by atoms with Crippen LogP contribution in [0.3, 0.4) is 0 Å². The van der Waals surface area contributed by atoms with Crippen molar-refractivity contribution in [1.82, 2.24) is 9.78 Å². The highest BCUT2D eigenvalue weighted by atomic mass is 35.5. The van der Waals surface area contributed by atoms with Gasteiger partial charge in [-0.2, -0.15) is 5.10 Å². The second-order valence-corrected chi connectivity index (χ2v) is 4.12. The lowest BCUT2D eigenvalue weighted by Crippen LogP contribution is -2.26. The van der Waals surface area contributed by atoms with E-state index in [1.54, 1.807) is 0 Å². The van der Waals surface area contributed by atoms with E-state index in [0.717, 1.165) is 24.7 Å². The maximum Gasteiger partial charge on any atom is 0.212 e. The maximum absolute atomic E-state index is 5.63. The van der Waals surface area contributed by atoms with Crippen LogP contribution in [-0.4, -0.2) is 16.4 Å². The normalized spacial score (nSPS) is 20.9. The van der Waals surface area contributed by atoms with Crippen LogP contribution in [0.2, 0.25) is 0 Å². The van der Waals surface area contributed by atoms with E-state index >= 15 is 0 Å². The van der Waals surface area contributed by atoms with Gasteiger partial charge in [-0.05, 0) is 12.8 Å². The predicted molar refractivity (Wildman–Crippen MR) is 54.5 cm³/mol. The van der Waals surface area contributed by atoms with Crippen molar-refractivity contribution in [2.45, 2.75) is 25.9 Å². The van der Waals surface area contributed by atoms with Crippen molar-refractivity contribution in [2.75, 3.05) is 6.61 Å². The van der Waals surface area contributed by atoms with Crippen molar-refractivity contribution in [1.29, 1.82) is 0 Å². The molecule has 0 bridgehead atoms. The highest BCUT2D eigenvalue weighted by molar-refractivity contribution is 5.85. The molecule has 0 saturated heterocycles. The third kappa shape index (κ3) is 1.38. The molecule has 0 unspecified atom stereocenters. The lowest BCUT2D eigenvalue weighted by molar-refractivity contribution is 0.148. The van der Waals surface area contributed by atoms with E-state index in [4.69, 9.17) is 10.5 Å². The van der Waals surface area contributed by atoms with E-state index in [-0.39, 0.29) is 12.4 Å². The molecule has 0 aromatic carbocycles. The van der Waals surface area contributed by atoms with E-state index in [1.807, 2.05) is 10.7 Å². The quantitative estimate of drug-likeness (QED) is 0.759. The number of aromatic nitrogens is 2. The van der Waals surface area contributed by atoms with Gasteiger partial charge in [-0.1, -0.05) is 0 Å². The fourth-order valence-corrected chi connectivity index (χ4v) is 1.85. The Morgan fingerprint density at radius 2 is 2.36 bits per heavy atom. The monoisotopic (exact) mass is 215 g/mol. The Morgan fingerprint density at radius 1 is 1.57 bits per heavy atom. The van der Waals surface area contributed by atoms with Gasteiger partial charge in [-0.3, -0.25) is 0 Å². The van der Waals surface area contributed by atoms with E-state index in [0.29, 0.717) is 12.0 Å². The molecule has 3 rings (SSSR count). The summed E-state index contributed by atoms with van der Waals surface area (Å²) in [6.07, 6.45) is 2.56. The van der Waals surface area contributed by atoms with Crippen LogP contribution in [0.5, 0.6) is 5.88 Å². The minimum atomic E-state index is 0. The summed E-state index contributed by atoms with van der Waals surface area (Å²) in [5.41, 5.74) is 6.86. The Labute approximate surface area is 88.8 Å². The number of ether oxygens (including phenoxy) is 1. The summed E-state index contributed by atoms with van der Waals surface area (Å²) < 4.78 is 7.59. The van der Waals surface area contributed by atoms with Gasteiger partial charge in [0, 0.05) is 18.0 Å². The number of halogens is 1. The van der Waals surface area contributed by atoms with Crippen LogP contribution >= 0.6 is 12.4 Å². The second kappa shape index (κ2) is 3.14. The molecule has 4 nitrogen and oxygen atoms in total. The molecule has 1 aliphatic carbocycles. The molecule has 5 heteroatoms. The Kier molecular flexibility index (Phi) is 2.20. The summed E-state index contributed by atoms with van der Waals surface area (Å²) in [6, 6.07) is 1.94. The van der Waals surface area contributed by atoms with Crippen LogP contribution in [0.25, 0.3) is 0 Å². The molecule has 2 aliphatic rings.